The van der Waals surface area contributed by atoms with E-state index in [9.17, 15) is 17.6 Å². The summed E-state index contributed by atoms with van der Waals surface area (Å²) in [5.41, 5.74) is 0.272. The predicted octanol–water partition coefficient (Wildman–Crippen LogP) is 3.70. The number of benzene rings is 1. The van der Waals surface area contributed by atoms with E-state index in [0.29, 0.717) is 0 Å². The first kappa shape index (κ1) is 11.2. The Labute approximate surface area is 92.2 Å². The zero-order valence-corrected chi connectivity index (χ0v) is 8.45. The van der Waals surface area contributed by atoms with Crippen molar-refractivity contribution in [2.45, 2.75) is 12.9 Å². The Bertz CT molecular complexity index is 532. The highest BCUT2D eigenvalue weighted by atomic mass is 35.5. The number of aromatic amines is 1. The third kappa shape index (κ3) is 1.84. The smallest absolute Gasteiger partial charge is 0.334 e. The van der Waals surface area contributed by atoms with Crippen LogP contribution in [-0.4, -0.2) is 9.97 Å². The fourth-order valence-electron chi connectivity index (χ4n) is 1.34. The van der Waals surface area contributed by atoms with Gasteiger partial charge in [-0.3, -0.25) is 0 Å². The average Bonchev–Trinajstić information content (AvgIpc) is 2.61. The molecule has 0 saturated heterocycles. The van der Waals surface area contributed by atoms with Crippen molar-refractivity contribution in [2.75, 3.05) is 0 Å². The van der Waals surface area contributed by atoms with Crippen LogP contribution in [0.3, 0.4) is 0 Å². The first-order valence-corrected chi connectivity index (χ1v) is 4.61. The van der Waals surface area contributed by atoms with Gasteiger partial charge in [-0.2, -0.15) is 13.2 Å². The van der Waals surface area contributed by atoms with Gasteiger partial charge in [-0.15, -0.1) is 0 Å². The maximum Gasteiger partial charge on any atom is 0.449 e. The number of nitrogens with zero attached hydrogens (tertiary/aromatic N) is 1. The lowest BCUT2D eigenvalue weighted by molar-refractivity contribution is -0.144. The van der Waals surface area contributed by atoms with E-state index >= 15 is 0 Å². The molecule has 1 heterocycles. The third-order valence-electron chi connectivity index (χ3n) is 2.02. The van der Waals surface area contributed by atoms with Crippen LogP contribution in [0.5, 0.6) is 0 Å². The van der Waals surface area contributed by atoms with Gasteiger partial charge in [0, 0.05) is 0 Å². The van der Waals surface area contributed by atoms with E-state index in [-0.39, 0.29) is 21.6 Å². The standard InChI is InChI=1S/C9H5ClF4N2/c10-5-1-4(3-11)2-6-7(5)16-8(15-6)9(12,13)14/h1-2H,3H2,(H,15,16). The number of H-pyrrole nitrogens is 1. The molecule has 0 aliphatic carbocycles. The molecule has 1 aromatic heterocycles. The zero-order valence-electron chi connectivity index (χ0n) is 7.70. The minimum atomic E-state index is -4.57. The van der Waals surface area contributed by atoms with Crippen molar-refractivity contribution in [3.05, 3.63) is 28.5 Å². The molecule has 0 fully saturated rings. The summed E-state index contributed by atoms with van der Waals surface area (Å²) in [5, 5.41) is -0.00287. The predicted molar refractivity (Wildman–Crippen MR) is 50.9 cm³/mol. The molecule has 86 valence electrons. The maximum atomic E-state index is 12.4. The number of rotatable bonds is 1. The van der Waals surface area contributed by atoms with E-state index in [2.05, 4.69) is 9.97 Å². The number of nitrogens with one attached hydrogen (secondary N) is 1. The molecule has 0 saturated carbocycles. The number of fused-ring (bicyclic) bond motifs is 1. The SMILES string of the molecule is FCc1cc(Cl)c2nc(C(F)(F)F)[nH]c2c1. The first-order chi connectivity index (χ1) is 7.41. The van der Waals surface area contributed by atoms with E-state index in [1.54, 1.807) is 0 Å². The minimum Gasteiger partial charge on any atom is -0.334 e. The molecule has 2 rings (SSSR count). The van der Waals surface area contributed by atoms with Crippen molar-refractivity contribution in [2.24, 2.45) is 0 Å². The number of alkyl halides is 4. The summed E-state index contributed by atoms with van der Waals surface area (Å²) in [4.78, 5) is 5.39. The molecule has 0 bridgehead atoms. The van der Waals surface area contributed by atoms with Crippen molar-refractivity contribution < 1.29 is 17.6 Å². The van der Waals surface area contributed by atoms with Crippen LogP contribution in [0.25, 0.3) is 11.0 Å². The van der Waals surface area contributed by atoms with Crippen LogP contribution >= 0.6 is 11.6 Å². The van der Waals surface area contributed by atoms with E-state index in [1.165, 1.54) is 12.1 Å². The number of imidazole rings is 1. The molecular formula is C9H5ClF4N2. The van der Waals surface area contributed by atoms with Gasteiger partial charge in [0.2, 0.25) is 5.82 Å². The van der Waals surface area contributed by atoms with Gasteiger partial charge in [0.05, 0.1) is 10.5 Å². The highest BCUT2D eigenvalue weighted by Crippen LogP contribution is 2.31. The van der Waals surface area contributed by atoms with Crippen molar-refractivity contribution >= 4 is 22.6 Å². The van der Waals surface area contributed by atoms with Crippen LogP contribution in [0, 0.1) is 0 Å². The molecule has 0 unspecified atom stereocenters. The zero-order chi connectivity index (χ0) is 11.9. The highest BCUT2D eigenvalue weighted by molar-refractivity contribution is 6.35. The topological polar surface area (TPSA) is 28.7 Å². The van der Waals surface area contributed by atoms with Gasteiger partial charge in [-0.05, 0) is 17.7 Å². The average molecular weight is 253 g/mol. The Balaban J connectivity index is 2.66. The van der Waals surface area contributed by atoms with Crippen molar-refractivity contribution in [3.8, 4) is 0 Å². The van der Waals surface area contributed by atoms with E-state index in [1.807, 2.05) is 0 Å². The van der Waals surface area contributed by atoms with Gasteiger partial charge in [-0.25, -0.2) is 9.37 Å². The lowest BCUT2D eigenvalue weighted by Gasteiger charge is -1.98. The molecule has 0 aliphatic heterocycles. The van der Waals surface area contributed by atoms with Gasteiger partial charge < -0.3 is 4.98 Å². The summed E-state index contributed by atoms with van der Waals surface area (Å²) < 4.78 is 49.3. The maximum absolute atomic E-state index is 12.4. The number of halogens is 5. The molecule has 0 radical (unpaired) electrons. The lowest BCUT2D eigenvalue weighted by Crippen LogP contribution is -2.06. The molecule has 0 aliphatic rings. The minimum absolute atomic E-state index is 0.00287. The van der Waals surface area contributed by atoms with Crippen molar-refractivity contribution in [1.29, 1.82) is 0 Å². The Morgan fingerprint density at radius 1 is 1.31 bits per heavy atom. The van der Waals surface area contributed by atoms with Crippen LogP contribution in [-0.2, 0) is 12.9 Å². The summed E-state index contributed by atoms with van der Waals surface area (Å²) in [6.45, 7) is -0.796. The molecule has 1 N–H and O–H groups in total. The van der Waals surface area contributed by atoms with Gasteiger partial charge >= 0.3 is 6.18 Å². The van der Waals surface area contributed by atoms with Gasteiger partial charge in [0.1, 0.15) is 12.2 Å². The highest BCUT2D eigenvalue weighted by Gasteiger charge is 2.35. The molecule has 0 amide bonds. The van der Waals surface area contributed by atoms with Crippen molar-refractivity contribution in [1.82, 2.24) is 9.97 Å². The summed E-state index contributed by atoms with van der Waals surface area (Å²) in [6.07, 6.45) is -4.57. The monoisotopic (exact) mass is 252 g/mol. The van der Waals surface area contributed by atoms with Crippen molar-refractivity contribution in [3.63, 3.8) is 0 Å². The summed E-state index contributed by atoms with van der Waals surface area (Å²) in [6, 6.07) is 2.51. The number of aromatic nitrogens is 2. The molecule has 2 nitrogen and oxygen atoms in total. The van der Waals surface area contributed by atoms with Gasteiger partial charge in [-0.1, -0.05) is 11.6 Å². The first-order valence-electron chi connectivity index (χ1n) is 4.23. The quantitative estimate of drug-likeness (QED) is 0.770. The second-order valence-electron chi connectivity index (χ2n) is 3.19. The van der Waals surface area contributed by atoms with Crippen LogP contribution in [0.2, 0.25) is 5.02 Å². The molecule has 16 heavy (non-hydrogen) atoms. The molecule has 2 aromatic rings. The van der Waals surface area contributed by atoms with E-state index in [4.69, 9.17) is 11.6 Å². The normalized spacial score (nSPS) is 12.3. The van der Waals surface area contributed by atoms with Crippen LogP contribution in [0.1, 0.15) is 11.4 Å². The fourth-order valence-corrected chi connectivity index (χ4v) is 1.63. The molecule has 0 atom stereocenters. The Morgan fingerprint density at radius 3 is 2.56 bits per heavy atom. The van der Waals surface area contributed by atoms with Gasteiger partial charge in [0.15, 0.2) is 0 Å². The third-order valence-corrected chi connectivity index (χ3v) is 2.31. The van der Waals surface area contributed by atoms with Crippen LogP contribution < -0.4 is 0 Å². The molecule has 0 spiro atoms. The number of hydrogen-bond acceptors (Lipinski definition) is 1. The van der Waals surface area contributed by atoms with Gasteiger partial charge in [0.25, 0.3) is 0 Å². The largest absolute Gasteiger partial charge is 0.449 e. The molecule has 1 aromatic carbocycles. The molecular weight excluding hydrogens is 248 g/mol. The Hall–Kier alpha value is -1.30. The fraction of sp³-hybridized carbons (Fsp3) is 0.222. The lowest BCUT2D eigenvalue weighted by atomic mass is 10.2. The Morgan fingerprint density at radius 2 is 2.00 bits per heavy atom. The summed E-state index contributed by atoms with van der Waals surface area (Å²) >= 11 is 5.69. The summed E-state index contributed by atoms with van der Waals surface area (Å²) in [5.74, 6) is -1.14. The second-order valence-corrected chi connectivity index (χ2v) is 3.60. The second kappa shape index (κ2) is 3.62. The molecule has 7 heteroatoms. The number of hydrogen-bond donors (Lipinski definition) is 1. The van der Waals surface area contributed by atoms with Crippen LogP contribution in [0.4, 0.5) is 17.6 Å². The van der Waals surface area contributed by atoms with E-state index < -0.39 is 18.7 Å². The Kier molecular flexibility index (Phi) is 2.53. The van der Waals surface area contributed by atoms with Crippen LogP contribution in [0.15, 0.2) is 12.1 Å². The summed E-state index contributed by atoms with van der Waals surface area (Å²) in [7, 11) is 0. The van der Waals surface area contributed by atoms with E-state index in [0.717, 1.165) is 0 Å².